The molecule has 0 aliphatic rings. The zero-order chi connectivity index (χ0) is 28.1. The number of aromatic nitrogens is 6. The molecule has 4 aromatic heterocycles. The molecule has 206 valence electrons. The van der Waals surface area contributed by atoms with E-state index < -0.39 is 5.60 Å². The molecule has 0 saturated carbocycles. The highest BCUT2D eigenvalue weighted by molar-refractivity contribution is 5.95. The number of nitrogens with zero attached hydrogens (tertiary/aromatic N) is 5. The highest BCUT2D eigenvalue weighted by Gasteiger charge is 2.33. The predicted octanol–water partition coefficient (Wildman–Crippen LogP) is 4.30. The predicted molar refractivity (Wildman–Crippen MR) is 150 cm³/mol. The van der Waals surface area contributed by atoms with Gasteiger partial charge in [-0.1, -0.05) is 30.3 Å². The molecule has 5 aromatic rings. The first kappa shape index (κ1) is 27.0. The molecule has 0 aliphatic heterocycles. The van der Waals surface area contributed by atoms with Crippen LogP contribution in [0.4, 0.5) is 5.95 Å². The van der Waals surface area contributed by atoms with Gasteiger partial charge in [0.15, 0.2) is 0 Å². The largest absolute Gasteiger partial charge is 0.466 e. The summed E-state index contributed by atoms with van der Waals surface area (Å²) >= 11 is 0. The van der Waals surface area contributed by atoms with Crippen molar-refractivity contribution in [2.45, 2.75) is 32.4 Å². The standard InChI is InChI=1S/C29H31N7O4/c1-4-39-26(37)10-11-36-17-20(15-33-36)19-12-22-23(16-32-27(22)31-14-19)24-13-25(35-28(30)34-24)29(2,40-18-38-3)21-8-6-5-7-9-21/h5-9,12-17H,4,10-11,18H2,1-3H3,(H,31,32)(H2,30,34,35). The molecule has 3 N–H and O–H groups in total. The van der Waals surface area contributed by atoms with Gasteiger partial charge >= 0.3 is 5.97 Å². The fourth-order valence-corrected chi connectivity index (χ4v) is 4.53. The average molecular weight is 542 g/mol. The zero-order valence-corrected chi connectivity index (χ0v) is 22.6. The number of fused-ring (bicyclic) bond motifs is 1. The van der Waals surface area contributed by atoms with E-state index in [1.807, 2.05) is 61.8 Å². The Hall–Kier alpha value is -4.61. The van der Waals surface area contributed by atoms with Crippen molar-refractivity contribution in [1.82, 2.24) is 29.7 Å². The first-order valence-electron chi connectivity index (χ1n) is 12.9. The number of benzene rings is 1. The smallest absolute Gasteiger partial charge is 0.307 e. The molecule has 0 saturated heterocycles. The first-order valence-corrected chi connectivity index (χ1v) is 12.9. The molecule has 40 heavy (non-hydrogen) atoms. The second-order valence-electron chi connectivity index (χ2n) is 9.32. The summed E-state index contributed by atoms with van der Waals surface area (Å²) in [6.45, 7) is 4.58. The number of nitrogens with two attached hydrogens (primary N) is 1. The van der Waals surface area contributed by atoms with Gasteiger partial charge in [-0.05, 0) is 31.5 Å². The fraction of sp³-hybridized carbons (Fsp3) is 0.276. The van der Waals surface area contributed by atoms with E-state index in [-0.39, 0.29) is 25.1 Å². The van der Waals surface area contributed by atoms with Crippen LogP contribution in [0.2, 0.25) is 0 Å². The van der Waals surface area contributed by atoms with Crippen molar-refractivity contribution in [2.24, 2.45) is 0 Å². The second-order valence-corrected chi connectivity index (χ2v) is 9.32. The quantitative estimate of drug-likeness (QED) is 0.185. The molecule has 0 spiro atoms. The molecule has 0 amide bonds. The summed E-state index contributed by atoms with van der Waals surface area (Å²) in [4.78, 5) is 28.6. The number of hydrogen-bond donors (Lipinski definition) is 2. The van der Waals surface area contributed by atoms with E-state index in [0.717, 1.165) is 27.6 Å². The first-order chi connectivity index (χ1) is 19.4. The van der Waals surface area contributed by atoms with Crippen LogP contribution in [-0.2, 0) is 31.2 Å². The molecule has 4 heterocycles. The lowest BCUT2D eigenvalue weighted by atomic mass is 9.91. The Kier molecular flexibility index (Phi) is 7.85. The van der Waals surface area contributed by atoms with Crippen LogP contribution in [0.15, 0.2) is 67.3 Å². The lowest BCUT2D eigenvalue weighted by molar-refractivity contribution is -0.143. The number of anilines is 1. The van der Waals surface area contributed by atoms with Gasteiger partial charge in [0.25, 0.3) is 0 Å². The van der Waals surface area contributed by atoms with Gasteiger partial charge < -0.3 is 24.9 Å². The topological polar surface area (TPSA) is 143 Å². The van der Waals surface area contributed by atoms with Gasteiger partial charge in [-0.15, -0.1) is 0 Å². The molecule has 1 aromatic carbocycles. The minimum absolute atomic E-state index is 0.0679. The maximum absolute atomic E-state index is 11.7. The number of pyridine rings is 1. The van der Waals surface area contributed by atoms with Gasteiger partial charge in [0.05, 0.1) is 37.2 Å². The Bertz CT molecular complexity index is 1620. The van der Waals surface area contributed by atoms with Crippen molar-refractivity contribution in [3.63, 3.8) is 0 Å². The average Bonchev–Trinajstić information content (AvgIpc) is 3.62. The monoisotopic (exact) mass is 541 g/mol. The van der Waals surface area contributed by atoms with Crippen LogP contribution in [0.3, 0.4) is 0 Å². The summed E-state index contributed by atoms with van der Waals surface area (Å²) < 4.78 is 18.1. The summed E-state index contributed by atoms with van der Waals surface area (Å²) in [5.41, 5.74) is 10.7. The minimum Gasteiger partial charge on any atom is -0.466 e. The van der Waals surface area contributed by atoms with Gasteiger partial charge in [-0.3, -0.25) is 9.48 Å². The Morgan fingerprint density at radius 2 is 1.95 bits per heavy atom. The Morgan fingerprint density at radius 1 is 1.12 bits per heavy atom. The second kappa shape index (κ2) is 11.6. The third-order valence-electron chi connectivity index (χ3n) is 6.65. The van der Waals surface area contributed by atoms with Gasteiger partial charge in [0.1, 0.15) is 18.0 Å². The van der Waals surface area contributed by atoms with Crippen LogP contribution in [0.1, 0.15) is 31.5 Å². The van der Waals surface area contributed by atoms with E-state index in [1.54, 1.807) is 31.1 Å². The van der Waals surface area contributed by atoms with Crippen LogP contribution in [-0.4, -0.2) is 56.2 Å². The number of methoxy groups -OCH3 is 1. The number of nitrogen functional groups attached to an aromatic ring is 1. The highest BCUT2D eigenvalue weighted by Crippen LogP contribution is 2.36. The van der Waals surface area contributed by atoms with Gasteiger partial charge in [0.2, 0.25) is 5.95 Å². The maximum Gasteiger partial charge on any atom is 0.307 e. The summed E-state index contributed by atoms with van der Waals surface area (Å²) in [6.07, 6.45) is 7.51. The van der Waals surface area contributed by atoms with Crippen LogP contribution in [0, 0.1) is 0 Å². The number of ether oxygens (including phenoxy) is 3. The number of rotatable bonds is 11. The molecule has 0 bridgehead atoms. The van der Waals surface area contributed by atoms with Crippen molar-refractivity contribution in [2.75, 3.05) is 26.2 Å². The van der Waals surface area contributed by atoms with Crippen LogP contribution >= 0.6 is 0 Å². The number of carbonyl (C=O) groups excluding carboxylic acids is 1. The summed E-state index contributed by atoms with van der Waals surface area (Å²) in [5.74, 6) is -0.129. The normalized spacial score (nSPS) is 12.9. The van der Waals surface area contributed by atoms with Crippen LogP contribution < -0.4 is 5.73 Å². The Morgan fingerprint density at radius 3 is 2.73 bits per heavy atom. The number of carbonyl (C=O) groups is 1. The Labute approximate surface area is 231 Å². The van der Waals surface area contributed by atoms with Crippen molar-refractivity contribution < 1.29 is 19.0 Å². The highest BCUT2D eigenvalue weighted by atomic mass is 16.7. The summed E-state index contributed by atoms with van der Waals surface area (Å²) in [7, 11) is 1.58. The lowest BCUT2D eigenvalue weighted by Gasteiger charge is -2.30. The van der Waals surface area contributed by atoms with E-state index in [0.29, 0.717) is 30.2 Å². The number of esters is 1. The lowest BCUT2D eigenvalue weighted by Crippen LogP contribution is -2.30. The third kappa shape index (κ3) is 5.56. The molecular weight excluding hydrogens is 510 g/mol. The number of hydrogen-bond acceptors (Lipinski definition) is 9. The summed E-state index contributed by atoms with van der Waals surface area (Å²) in [6, 6.07) is 13.7. The zero-order valence-electron chi connectivity index (χ0n) is 22.6. The number of H-pyrrole nitrogens is 1. The molecule has 11 heteroatoms. The molecule has 5 rings (SSSR count). The van der Waals surface area contributed by atoms with Crippen molar-refractivity contribution in [3.05, 3.63) is 78.5 Å². The number of aryl methyl sites for hydroxylation is 1. The minimum atomic E-state index is -0.934. The van der Waals surface area contributed by atoms with Crippen LogP contribution in [0.25, 0.3) is 33.4 Å². The number of nitrogens with one attached hydrogen (secondary N) is 1. The molecule has 11 nitrogen and oxygen atoms in total. The fourth-order valence-electron chi connectivity index (χ4n) is 4.53. The van der Waals surface area contributed by atoms with E-state index in [2.05, 4.69) is 25.0 Å². The van der Waals surface area contributed by atoms with Gasteiger partial charge in [-0.25, -0.2) is 15.0 Å². The molecule has 0 fully saturated rings. The van der Waals surface area contributed by atoms with Crippen molar-refractivity contribution in [1.29, 1.82) is 0 Å². The van der Waals surface area contributed by atoms with Gasteiger partial charge in [0, 0.05) is 47.8 Å². The maximum atomic E-state index is 11.7. The van der Waals surface area contributed by atoms with Crippen molar-refractivity contribution in [3.8, 4) is 22.4 Å². The van der Waals surface area contributed by atoms with E-state index in [1.165, 1.54) is 0 Å². The SMILES string of the molecule is CCOC(=O)CCn1cc(-c2cnc3[nH]cc(-c4cc(C(C)(OCOC)c5ccccc5)nc(N)n4)c3c2)cn1. The molecular formula is C29H31N7O4. The Balaban J connectivity index is 1.50. The van der Waals surface area contributed by atoms with E-state index in [4.69, 9.17) is 19.9 Å². The molecule has 0 radical (unpaired) electrons. The molecule has 0 aliphatic carbocycles. The van der Waals surface area contributed by atoms with Gasteiger partial charge in [-0.2, -0.15) is 5.10 Å². The number of aromatic amines is 1. The van der Waals surface area contributed by atoms with E-state index >= 15 is 0 Å². The van der Waals surface area contributed by atoms with E-state index in [9.17, 15) is 4.79 Å². The molecule has 1 unspecified atom stereocenters. The van der Waals surface area contributed by atoms with Crippen molar-refractivity contribution >= 4 is 23.0 Å². The molecule has 1 atom stereocenters. The summed E-state index contributed by atoms with van der Waals surface area (Å²) in [5, 5.41) is 5.25. The third-order valence-corrected chi connectivity index (χ3v) is 6.65. The van der Waals surface area contributed by atoms with Crippen LogP contribution in [0.5, 0.6) is 0 Å².